The van der Waals surface area contributed by atoms with Crippen LogP contribution in [0.4, 0.5) is 0 Å². The first-order valence-electron chi connectivity index (χ1n) is 4.58. The Morgan fingerprint density at radius 1 is 1.33 bits per heavy atom. The largest absolute Gasteiger partial charge is 0.235 e. The van der Waals surface area contributed by atoms with Gasteiger partial charge in [0.15, 0.2) is 0 Å². The summed E-state index contributed by atoms with van der Waals surface area (Å²) in [6, 6.07) is 7.66. The number of hydrogen-bond donors (Lipinski definition) is 0. The molecular formula is C11H10Cl2N2. The van der Waals surface area contributed by atoms with Crippen LogP contribution in [0.15, 0.2) is 30.5 Å². The van der Waals surface area contributed by atoms with Gasteiger partial charge in [-0.15, -0.1) is 11.6 Å². The molecule has 0 bridgehead atoms. The van der Waals surface area contributed by atoms with E-state index in [9.17, 15) is 0 Å². The third kappa shape index (κ3) is 1.87. The summed E-state index contributed by atoms with van der Waals surface area (Å²) < 4.78 is 1.78. The van der Waals surface area contributed by atoms with Crippen molar-refractivity contribution in [3.63, 3.8) is 0 Å². The molecule has 0 fully saturated rings. The number of aromatic nitrogens is 2. The van der Waals surface area contributed by atoms with Gasteiger partial charge in [0.25, 0.3) is 0 Å². The zero-order valence-corrected chi connectivity index (χ0v) is 9.76. The lowest BCUT2D eigenvalue weighted by Gasteiger charge is -2.10. The molecule has 1 aromatic carbocycles. The number of hydrogen-bond acceptors (Lipinski definition) is 1. The molecule has 4 heteroatoms. The summed E-state index contributed by atoms with van der Waals surface area (Å²) in [6.45, 7) is 2.00. The molecule has 0 radical (unpaired) electrons. The first-order valence-corrected chi connectivity index (χ1v) is 5.49. The first-order chi connectivity index (χ1) is 7.24. The molecule has 78 valence electrons. The molecule has 0 aliphatic rings. The molecule has 0 saturated carbocycles. The van der Waals surface area contributed by atoms with E-state index in [1.807, 2.05) is 31.2 Å². The Kier molecular flexibility index (Phi) is 2.98. The van der Waals surface area contributed by atoms with Gasteiger partial charge in [-0.25, -0.2) is 4.68 Å². The fourth-order valence-corrected chi connectivity index (χ4v) is 2.03. The molecular weight excluding hydrogens is 231 g/mol. The van der Waals surface area contributed by atoms with Crippen LogP contribution in [0.2, 0.25) is 5.02 Å². The van der Waals surface area contributed by atoms with Crippen LogP contribution in [0.5, 0.6) is 0 Å². The van der Waals surface area contributed by atoms with E-state index in [0.29, 0.717) is 10.9 Å². The molecule has 1 aromatic heterocycles. The normalized spacial score (nSPS) is 10.6. The van der Waals surface area contributed by atoms with Crippen molar-refractivity contribution in [2.75, 3.05) is 0 Å². The van der Waals surface area contributed by atoms with Crippen LogP contribution in [0.3, 0.4) is 0 Å². The van der Waals surface area contributed by atoms with Crippen molar-refractivity contribution in [1.29, 1.82) is 0 Å². The van der Waals surface area contributed by atoms with Gasteiger partial charge in [-0.05, 0) is 24.6 Å². The number of halogens is 2. The quantitative estimate of drug-likeness (QED) is 0.735. The smallest absolute Gasteiger partial charge is 0.0864 e. The molecule has 0 unspecified atom stereocenters. The van der Waals surface area contributed by atoms with Crippen LogP contribution >= 0.6 is 23.2 Å². The van der Waals surface area contributed by atoms with Gasteiger partial charge >= 0.3 is 0 Å². The molecule has 0 spiro atoms. The molecule has 1 heterocycles. The van der Waals surface area contributed by atoms with Crippen molar-refractivity contribution in [3.05, 3.63) is 46.7 Å². The third-order valence-corrected chi connectivity index (χ3v) is 2.84. The average molecular weight is 241 g/mol. The summed E-state index contributed by atoms with van der Waals surface area (Å²) in [5.41, 5.74) is 2.92. The van der Waals surface area contributed by atoms with Crippen LogP contribution in [-0.4, -0.2) is 9.78 Å². The molecule has 15 heavy (non-hydrogen) atoms. The van der Waals surface area contributed by atoms with E-state index in [2.05, 4.69) is 5.10 Å². The molecule has 2 nitrogen and oxygen atoms in total. The zero-order valence-electron chi connectivity index (χ0n) is 8.24. The second-order valence-corrected chi connectivity index (χ2v) is 3.95. The van der Waals surface area contributed by atoms with E-state index in [1.54, 1.807) is 10.9 Å². The highest BCUT2D eigenvalue weighted by atomic mass is 35.5. The van der Waals surface area contributed by atoms with Gasteiger partial charge in [0, 0.05) is 6.20 Å². The summed E-state index contributed by atoms with van der Waals surface area (Å²) in [6.07, 6.45) is 1.72. The van der Waals surface area contributed by atoms with Gasteiger partial charge < -0.3 is 0 Å². The lowest BCUT2D eigenvalue weighted by atomic mass is 10.2. The maximum Gasteiger partial charge on any atom is 0.0864 e. The summed E-state index contributed by atoms with van der Waals surface area (Å²) >= 11 is 12.0. The highest BCUT2D eigenvalue weighted by Gasteiger charge is 2.09. The standard InChI is InChI=1S/C11H10Cl2N2/c1-8-3-2-4-10(13)11(8)15-9(7-12)5-6-14-15/h2-6H,7H2,1H3. The van der Waals surface area contributed by atoms with E-state index in [1.165, 1.54) is 0 Å². The highest BCUT2D eigenvalue weighted by Crippen LogP contribution is 2.24. The maximum absolute atomic E-state index is 6.15. The Labute approximate surface area is 98.4 Å². The Morgan fingerprint density at radius 2 is 2.13 bits per heavy atom. The average Bonchev–Trinajstić information content (AvgIpc) is 2.65. The van der Waals surface area contributed by atoms with E-state index >= 15 is 0 Å². The van der Waals surface area contributed by atoms with Gasteiger partial charge in [0.05, 0.1) is 22.3 Å². The Hall–Kier alpha value is -0.990. The summed E-state index contributed by atoms with van der Waals surface area (Å²) in [5.74, 6) is 0.421. The van der Waals surface area contributed by atoms with Crippen LogP contribution in [-0.2, 0) is 5.88 Å². The third-order valence-electron chi connectivity index (χ3n) is 2.26. The molecule has 0 atom stereocenters. The lowest BCUT2D eigenvalue weighted by molar-refractivity contribution is 0.834. The SMILES string of the molecule is Cc1cccc(Cl)c1-n1nccc1CCl. The van der Waals surface area contributed by atoms with Crippen molar-refractivity contribution in [2.24, 2.45) is 0 Å². The minimum Gasteiger partial charge on any atom is -0.235 e. The predicted molar refractivity (Wildman–Crippen MR) is 62.9 cm³/mol. The maximum atomic E-state index is 6.15. The second kappa shape index (κ2) is 4.25. The van der Waals surface area contributed by atoms with Crippen molar-refractivity contribution in [1.82, 2.24) is 9.78 Å². The number of para-hydroxylation sites is 1. The Bertz CT molecular complexity index is 457. The van der Waals surface area contributed by atoms with Crippen LogP contribution in [0.1, 0.15) is 11.3 Å². The predicted octanol–water partition coefficient (Wildman–Crippen LogP) is 3.57. The molecule has 0 aliphatic carbocycles. The minimum absolute atomic E-state index is 0.421. The van der Waals surface area contributed by atoms with Gasteiger partial charge in [0.2, 0.25) is 0 Å². The minimum atomic E-state index is 0.421. The van der Waals surface area contributed by atoms with Gasteiger partial charge in [0.1, 0.15) is 0 Å². The summed E-state index contributed by atoms with van der Waals surface area (Å²) in [7, 11) is 0. The Morgan fingerprint density at radius 3 is 2.80 bits per heavy atom. The molecule has 2 rings (SSSR count). The number of benzene rings is 1. The highest BCUT2D eigenvalue weighted by molar-refractivity contribution is 6.32. The first kappa shape index (κ1) is 10.5. The number of aryl methyl sites for hydroxylation is 1. The van der Waals surface area contributed by atoms with Crippen LogP contribution in [0.25, 0.3) is 5.69 Å². The second-order valence-electron chi connectivity index (χ2n) is 3.27. The number of alkyl halides is 1. The zero-order chi connectivity index (χ0) is 10.8. The van der Waals surface area contributed by atoms with Gasteiger partial charge in [-0.3, -0.25) is 0 Å². The van der Waals surface area contributed by atoms with Crippen molar-refractivity contribution in [2.45, 2.75) is 12.8 Å². The van der Waals surface area contributed by atoms with Crippen molar-refractivity contribution >= 4 is 23.2 Å². The van der Waals surface area contributed by atoms with E-state index in [4.69, 9.17) is 23.2 Å². The molecule has 0 aliphatic heterocycles. The molecule has 0 saturated heterocycles. The summed E-state index contributed by atoms with van der Waals surface area (Å²) in [5, 5.41) is 4.91. The van der Waals surface area contributed by atoms with Gasteiger partial charge in [-0.1, -0.05) is 23.7 Å². The fraction of sp³-hybridized carbons (Fsp3) is 0.182. The fourth-order valence-electron chi connectivity index (χ4n) is 1.52. The number of rotatable bonds is 2. The Balaban J connectivity index is 2.63. The van der Waals surface area contributed by atoms with Crippen molar-refractivity contribution < 1.29 is 0 Å². The van der Waals surface area contributed by atoms with E-state index < -0.39 is 0 Å². The van der Waals surface area contributed by atoms with E-state index in [-0.39, 0.29) is 0 Å². The number of nitrogens with zero attached hydrogens (tertiary/aromatic N) is 2. The lowest BCUT2D eigenvalue weighted by Crippen LogP contribution is -2.03. The van der Waals surface area contributed by atoms with Gasteiger partial charge in [-0.2, -0.15) is 5.10 Å². The van der Waals surface area contributed by atoms with Crippen LogP contribution in [0, 0.1) is 6.92 Å². The molecule has 2 aromatic rings. The van der Waals surface area contributed by atoms with E-state index in [0.717, 1.165) is 16.9 Å². The van der Waals surface area contributed by atoms with Crippen LogP contribution < -0.4 is 0 Å². The monoisotopic (exact) mass is 240 g/mol. The van der Waals surface area contributed by atoms with Crippen molar-refractivity contribution in [3.8, 4) is 5.69 Å². The summed E-state index contributed by atoms with van der Waals surface area (Å²) in [4.78, 5) is 0. The topological polar surface area (TPSA) is 17.8 Å². The molecule has 0 amide bonds. The molecule has 0 N–H and O–H groups in total.